The zero-order valence-corrected chi connectivity index (χ0v) is 16.8. The molecule has 1 aromatic rings. The molecule has 1 unspecified atom stereocenters. The van der Waals surface area contributed by atoms with Gasteiger partial charge in [0.15, 0.2) is 0 Å². The molecule has 3 amide bonds. The number of likely N-dealkylation sites (N-methyl/N-ethyl adjacent to an activating group) is 1. The number of carbonyl (C=O) groups excluding carboxylic acids is 2. The van der Waals surface area contributed by atoms with Crippen LogP contribution in [0, 0.1) is 5.92 Å². The predicted molar refractivity (Wildman–Crippen MR) is 106 cm³/mol. The standard InChI is InChI=1S/C20H26N5O3/c1-13(2)9-10-25-18(26)16-17(22(3)20(25)27)21-19-23(11-12-24(16)19)14-5-7-15(28-4)8-6-14/h5-8,13,16H,9-12H2,1-4H3/q+1. The van der Waals surface area contributed by atoms with Crippen molar-refractivity contribution in [2.45, 2.75) is 26.3 Å². The van der Waals surface area contributed by atoms with Crippen molar-refractivity contribution in [1.29, 1.82) is 0 Å². The molecule has 1 saturated heterocycles. The Morgan fingerprint density at radius 2 is 1.96 bits per heavy atom. The van der Waals surface area contributed by atoms with Gasteiger partial charge in [-0.3, -0.25) is 14.6 Å². The Morgan fingerprint density at radius 1 is 1.25 bits per heavy atom. The van der Waals surface area contributed by atoms with Crippen molar-refractivity contribution in [2.24, 2.45) is 10.9 Å². The summed E-state index contributed by atoms with van der Waals surface area (Å²) < 4.78 is 7.24. The maximum atomic E-state index is 13.2. The van der Waals surface area contributed by atoms with Crippen LogP contribution in [0.15, 0.2) is 29.3 Å². The number of anilines is 1. The number of hydrogen-bond acceptors (Lipinski definition) is 5. The first kappa shape index (κ1) is 18.5. The third-order valence-corrected chi connectivity index (χ3v) is 5.51. The molecular weight excluding hydrogens is 358 g/mol. The number of hydrogen-bond donors (Lipinski definition) is 0. The van der Waals surface area contributed by atoms with Gasteiger partial charge >= 0.3 is 12.0 Å². The zero-order valence-electron chi connectivity index (χ0n) is 16.8. The van der Waals surface area contributed by atoms with E-state index >= 15 is 0 Å². The van der Waals surface area contributed by atoms with Crippen LogP contribution in [0.25, 0.3) is 0 Å². The second kappa shape index (κ2) is 6.92. The Bertz CT molecular complexity index is 874. The number of nitrogens with zero attached hydrogens (tertiary/aromatic N) is 5. The minimum atomic E-state index is -0.520. The largest absolute Gasteiger partial charge is 0.497 e. The Balaban J connectivity index is 1.64. The lowest BCUT2D eigenvalue weighted by atomic mass is 10.1. The zero-order chi connectivity index (χ0) is 20.0. The van der Waals surface area contributed by atoms with Gasteiger partial charge in [0, 0.05) is 13.6 Å². The Labute approximate surface area is 164 Å². The highest BCUT2D eigenvalue weighted by Gasteiger charge is 2.55. The number of urea groups is 1. The average molecular weight is 384 g/mol. The summed E-state index contributed by atoms with van der Waals surface area (Å²) in [5.74, 6) is 2.28. The molecule has 28 heavy (non-hydrogen) atoms. The van der Waals surface area contributed by atoms with E-state index in [1.807, 2.05) is 28.8 Å². The van der Waals surface area contributed by atoms with Crippen LogP contribution in [0.3, 0.4) is 0 Å². The van der Waals surface area contributed by atoms with E-state index in [4.69, 9.17) is 9.73 Å². The van der Waals surface area contributed by atoms with Gasteiger partial charge in [-0.2, -0.15) is 0 Å². The van der Waals surface area contributed by atoms with Crippen LogP contribution in [-0.2, 0) is 4.79 Å². The van der Waals surface area contributed by atoms with Crippen molar-refractivity contribution in [3.63, 3.8) is 0 Å². The van der Waals surface area contributed by atoms with Crippen LogP contribution in [-0.4, -0.2) is 77.9 Å². The Kier molecular flexibility index (Phi) is 4.56. The number of fused-ring (bicyclic) bond motifs is 2. The molecule has 3 aliphatic heterocycles. The number of benzene rings is 1. The maximum absolute atomic E-state index is 13.2. The second-order valence-corrected chi connectivity index (χ2v) is 7.73. The summed E-state index contributed by atoms with van der Waals surface area (Å²) in [6, 6.07) is 6.95. The number of imide groups is 1. The van der Waals surface area contributed by atoms with Crippen molar-refractivity contribution in [3.8, 4) is 5.75 Å². The maximum Gasteiger partial charge on any atom is 0.397 e. The number of guanidine groups is 1. The highest BCUT2D eigenvalue weighted by Crippen LogP contribution is 2.28. The van der Waals surface area contributed by atoms with E-state index in [0.717, 1.165) is 30.4 Å². The van der Waals surface area contributed by atoms with E-state index in [0.29, 0.717) is 24.8 Å². The van der Waals surface area contributed by atoms with Gasteiger partial charge in [-0.15, -0.1) is 0 Å². The van der Waals surface area contributed by atoms with Crippen molar-refractivity contribution in [2.75, 3.05) is 38.7 Å². The topological polar surface area (TPSA) is 68.5 Å². The van der Waals surface area contributed by atoms with Gasteiger partial charge in [0.2, 0.25) is 11.9 Å². The van der Waals surface area contributed by atoms with Gasteiger partial charge in [0.1, 0.15) is 18.0 Å². The molecule has 0 N–H and O–H groups in total. The molecule has 1 fully saturated rings. The molecule has 0 saturated carbocycles. The van der Waals surface area contributed by atoms with Crippen LogP contribution in [0.5, 0.6) is 5.75 Å². The normalized spacial score (nSPS) is 21.5. The van der Waals surface area contributed by atoms with Gasteiger partial charge in [-0.05, 0) is 36.6 Å². The van der Waals surface area contributed by atoms with Crippen LogP contribution in [0.1, 0.15) is 20.3 Å². The van der Waals surface area contributed by atoms with Crippen molar-refractivity contribution in [1.82, 2.24) is 9.80 Å². The number of aliphatic imine (C=N–C) groups is 1. The van der Waals surface area contributed by atoms with E-state index in [1.54, 1.807) is 14.2 Å². The summed E-state index contributed by atoms with van der Waals surface area (Å²) in [5.41, 5.74) is 0.986. The fourth-order valence-electron chi connectivity index (χ4n) is 3.86. The molecule has 148 valence electrons. The summed E-state index contributed by atoms with van der Waals surface area (Å²) in [5, 5.41) is 0. The smallest absolute Gasteiger partial charge is 0.397 e. The predicted octanol–water partition coefficient (Wildman–Crippen LogP) is 1.60. The third-order valence-electron chi connectivity index (χ3n) is 5.51. The minimum Gasteiger partial charge on any atom is -0.497 e. The van der Waals surface area contributed by atoms with Crippen molar-refractivity contribution >= 4 is 29.4 Å². The van der Waals surface area contributed by atoms with Gasteiger partial charge in [-0.1, -0.05) is 18.8 Å². The molecule has 0 aliphatic carbocycles. The number of carbonyl (C=O) groups is 2. The lowest BCUT2D eigenvalue weighted by Gasteiger charge is -2.34. The molecule has 1 aromatic carbocycles. The number of rotatable bonds is 5. The number of amides is 3. The lowest BCUT2D eigenvalue weighted by molar-refractivity contribution is -0.525. The summed E-state index contributed by atoms with van der Waals surface area (Å²) in [6.45, 7) is 6.04. The number of amidine groups is 1. The number of ether oxygens (including phenoxy) is 1. The molecular formula is C20H26N5O3+. The van der Waals surface area contributed by atoms with E-state index in [9.17, 15) is 9.59 Å². The molecule has 0 spiro atoms. The van der Waals surface area contributed by atoms with Crippen molar-refractivity contribution < 1.29 is 18.9 Å². The van der Waals surface area contributed by atoms with E-state index < -0.39 is 6.04 Å². The van der Waals surface area contributed by atoms with Gasteiger partial charge in [0.05, 0.1) is 13.7 Å². The first-order valence-electron chi connectivity index (χ1n) is 9.65. The summed E-state index contributed by atoms with van der Waals surface area (Å²) >= 11 is 0. The SMILES string of the molecule is COc1ccc(N2CC[N+]3=C2N=C2C3C(=O)N(CCC(C)C)C(=O)N2C)cc1. The molecule has 4 rings (SSSR count). The van der Waals surface area contributed by atoms with E-state index in [-0.39, 0.29) is 11.9 Å². The second-order valence-electron chi connectivity index (χ2n) is 7.73. The Hall–Kier alpha value is -2.90. The molecule has 3 heterocycles. The first-order valence-corrected chi connectivity index (χ1v) is 9.65. The van der Waals surface area contributed by atoms with Gasteiger partial charge < -0.3 is 4.74 Å². The molecule has 3 aliphatic rings. The summed E-state index contributed by atoms with van der Waals surface area (Å²) in [6.07, 6.45) is 0.791. The van der Waals surface area contributed by atoms with Crippen LogP contribution >= 0.6 is 0 Å². The van der Waals surface area contributed by atoms with Crippen LogP contribution in [0.2, 0.25) is 0 Å². The van der Waals surface area contributed by atoms with E-state index in [1.165, 1.54) is 9.80 Å². The number of methoxy groups -OCH3 is 1. The Morgan fingerprint density at radius 3 is 2.61 bits per heavy atom. The first-order chi connectivity index (χ1) is 13.4. The minimum absolute atomic E-state index is 0.172. The average Bonchev–Trinajstić information content (AvgIpc) is 3.25. The van der Waals surface area contributed by atoms with Crippen molar-refractivity contribution in [3.05, 3.63) is 24.3 Å². The molecule has 8 nitrogen and oxygen atoms in total. The van der Waals surface area contributed by atoms with Gasteiger partial charge in [-0.25, -0.2) is 14.3 Å². The summed E-state index contributed by atoms with van der Waals surface area (Å²) in [7, 11) is 3.34. The van der Waals surface area contributed by atoms with Crippen LogP contribution in [0.4, 0.5) is 10.5 Å². The highest BCUT2D eigenvalue weighted by atomic mass is 16.5. The van der Waals surface area contributed by atoms with Crippen LogP contribution < -0.4 is 9.64 Å². The summed E-state index contributed by atoms with van der Waals surface area (Å²) in [4.78, 5) is 35.5. The quantitative estimate of drug-likeness (QED) is 0.724. The highest BCUT2D eigenvalue weighted by molar-refractivity contribution is 6.24. The third kappa shape index (κ3) is 2.83. The molecule has 0 radical (unpaired) electrons. The fraction of sp³-hybridized carbons (Fsp3) is 0.500. The van der Waals surface area contributed by atoms with Gasteiger partial charge in [0.25, 0.3) is 5.91 Å². The molecule has 1 atom stereocenters. The lowest BCUT2D eigenvalue weighted by Crippen LogP contribution is -2.62. The monoisotopic (exact) mass is 384 g/mol. The fourth-order valence-corrected chi connectivity index (χ4v) is 3.86. The molecule has 0 aromatic heterocycles. The van der Waals surface area contributed by atoms with E-state index in [2.05, 4.69) is 18.7 Å². The molecule has 0 bridgehead atoms. The molecule has 8 heteroatoms.